The van der Waals surface area contributed by atoms with Gasteiger partial charge in [-0.3, -0.25) is 9.97 Å². The molecule has 0 radical (unpaired) electrons. The van der Waals surface area contributed by atoms with Crippen molar-refractivity contribution in [1.82, 2.24) is 19.9 Å². The lowest BCUT2D eigenvalue weighted by Crippen LogP contribution is -2.32. The minimum atomic E-state index is -0.129. The highest BCUT2D eigenvalue weighted by Gasteiger charge is 2.20. The maximum atomic E-state index is 4.83. The third kappa shape index (κ3) is 4.14. The molecule has 5 nitrogen and oxygen atoms in total. The number of hydrogen-bond acceptors (Lipinski definition) is 5. The second kappa shape index (κ2) is 7.72. The van der Waals surface area contributed by atoms with Crippen molar-refractivity contribution in [1.29, 1.82) is 0 Å². The van der Waals surface area contributed by atoms with Crippen LogP contribution in [0.25, 0.3) is 22.3 Å². The van der Waals surface area contributed by atoms with Crippen molar-refractivity contribution in [2.24, 2.45) is 0 Å². The molecule has 28 heavy (non-hydrogen) atoms. The van der Waals surface area contributed by atoms with Crippen LogP contribution in [-0.4, -0.2) is 25.5 Å². The molecule has 0 spiro atoms. The normalized spacial score (nSPS) is 11.5. The number of hydrogen-bond donors (Lipinski definition) is 1. The van der Waals surface area contributed by atoms with Crippen molar-refractivity contribution in [3.05, 3.63) is 78.9 Å². The number of anilines is 1. The van der Waals surface area contributed by atoms with Crippen molar-refractivity contribution in [2.75, 3.05) is 5.32 Å². The van der Waals surface area contributed by atoms with E-state index in [1.165, 1.54) is 5.56 Å². The van der Waals surface area contributed by atoms with Crippen molar-refractivity contribution in [3.63, 3.8) is 0 Å². The minimum absolute atomic E-state index is 0.129. The lowest BCUT2D eigenvalue weighted by molar-refractivity contribution is 0.517. The van der Waals surface area contributed by atoms with Gasteiger partial charge in [-0.25, -0.2) is 9.97 Å². The SMILES string of the molecule is CC(C)(CCc1ccccc1)Nc1nc(-c2ccncc2)nc2cnccc12. The van der Waals surface area contributed by atoms with E-state index < -0.39 is 0 Å². The summed E-state index contributed by atoms with van der Waals surface area (Å²) in [4.78, 5) is 17.8. The van der Waals surface area contributed by atoms with Crippen LogP contribution in [0.5, 0.6) is 0 Å². The first-order valence-corrected chi connectivity index (χ1v) is 9.45. The average Bonchev–Trinajstić information content (AvgIpc) is 2.73. The minimum Gasteiger partial charge on any atom is -0.365 e. The Morgan fingerprint density at radius 2 is 1.61 bits per heavy atom. The predicted octanol–water partition coefficient (Wildman–Crippen LogP) is 4.91. The Kier molecular flexibility index (Phi) is 4.98. The summed E-state index contributed by atoms with van der Waals surface area (Å²) in [5.41, 5.74) is 2.97. The number of nitrogens with one attached hydrogen (secondary N) is 1. The Morgan fingerprint density at radius 3 is 2.39 bits per heavy atom. The number of aromatic nitrogens is 4. The standard InChI is InChI=1S/C23H23N5/c1-23(2,12-8-17-6-4-3-5-7-17)28-22-19-11-15-25-16-20(19)26-21(27-22)18-9-13-24-14-10-18/h3-7,9-11,13-16H,8,12H2,1-2H3,(H,26,27,28). The second-order valence-corrected chi connectivity index (χ2v) is 7.52. The van der Waals surface area contributed by atoms with Gasteiger partial charge in [0.05, 0.1) is 11.7 Å². The zero-order valence-corrected chi connectivity index (χ0v) is 16.1. The Labute approximate surface area is 164 Å². The smallest absolute Gasteiger partial charge is 0.162 e. The summed E-state index contributed by atoms with van der Waals surface area (Å²) in [5, 5.41) is 4.62. The third-order valence-electron chi connectivity index (χ3n) is 4.78. The van der Waals surface area contributed by atoms with Crippen molar-refractivity contribution in [2.45, 2.75) is 32.2 Å². The van der Waals surface area contributed by atoms with Gasteiger partial charge >= 0.3 is 0 Å². The van der Waals surface area contributed by atoms with E-state index >= 15 is 0 Å². The van der Waals surface area contributed by atoms with Crippen LogP contribution in [0.4, 0.5) is 5.82 Å². The third-order valence-corrected chi connectivity index (χ3v) is 4.78. The summed E-state index contributed by atoms with van der Waals surface area (Å²) in [7, 11) is 0. The number of pyridine rings is 2. The Morgan fingerprint density at radius 1 is 0.857 bits per heavy atom. The second-order valence-electron chi connectivity index (χ2n) is 7.52. The summed E-state index contributed by atoms with van der Waals surface area (Å²) >= 11 is 0. The first-order valence-electron chi connectivity index (χ1n) is 9.45. The highest BCUT2D eigenvalue weighted by molar-refractivity contribution is 5.90. The van der Waals surface area contributed by atoms with E-state index in [9.17, 15) is 0 Å². The Hall–Kier alpha value is -3.34. The van der Waals surface area contributed by atoms with Crippen molar-refractivity contribution in [3.8, 4) is 11.4 Å². The molecule has 5 heteroatoms. The van der Waals surface area contributed by atoms with Crippen LogP contribution in [0.2, 0.25) is 0 Å². The monoisotopic (exact) mass is 369 g/mol. The van der Waals surface area contributed by atoms with Gasteiger partial charge in [0, 0.05) is 35.1 Å². The first kappa shape index (κ1) is 18.0. The molecule has 0 saturated heterocycles. The van der Waals surface area contributed by atoms with Crippen LogP contribution in [0.3, 0.4) is 0 Å². The van der Waals surface area contributed by atoms with E-state index in [-0.39, 0.29) is 5.54 Å². The average molecular weight is 369 g/mol. The zero-order chi connectivity index (χ0) is 19.4. The fraction of sp³-hybridized carbons (Fsp3) is 0.217. The summed E-state index contributed by atoms with van der Waals surface area (Å²) in [6.07, 6.45) is 9.05. The highest BCUT2D eigenvalue weighted by Crippen LogP contribution is 2.27. The molecule has 1 aromatic carbocycles. The maximum absolute atomic E-state index is 4.83. The molecule has 4 rings (SSSR count). The van der Waals surface area contributed by atoms with E-state index in [1.54, 1.807) is 24.8 Å². The highest BCUT2D eigenvalue weighted by atomic mass is 15.1. The van der Waals surface area contributed by atoms with Gasteiger partial charge in [0.25, 0.3) is 0 Å². The Balaban J connectivity index is 1.65. The Bertz CT molecular complexity index is 1060. The number of benzene rings is 1. The van der Waals surface area contributed by atoms with Gasteiger partial charge in [-0.2, -0.15) is 0 Å². The molecule has 0 aliphatic carbocycles. The van der Waals surface area contributed by atoms with Gasteiger partial charge < -0.3 is 5.32 Å². The van der Waals surface area contributed by atoms with Gasteiger partial charge in [-0.1, -0.05) is 30.3 Å². The summed E-state index contributed by atoms with van der Waals surface area (Å²) in [6.45, 7) is 4.41. The molecule has 0 atom stereocenters. The number of rotatable bonds is 6. The van der Waals surface area contributed by atoms with Gasteiger partial charge in [0.15, 0.2) is 5.82 Å². The van der Waals surface area contributed by atoms with Crippen LogP contribution in [0.1, 0.15) is 25.8 Å². The molecule has 4 aromatic rings. The van der Waals surface area contributed by atoms with Gasteiger partial charge in [0.2, 0.25) is 0 Å². The summed E-state index contributed by atoms with van der Waals surface area (Å²) in [6, 6.07) is 16.4. The molecule has 140 valence electrons. The maximum Gasteiger partial charge on any atom is 0.162 e. The van der Waals surface area contributed by atoms with E-state index in [0.717, 1.165) is 35.1 Å². The van der Waals surface area contributed by atoms with E-state index in [0.29, 0.717) is 5.82 Å². The van der Waals surface area contributed by atoms with Crippen LogP contribution in [0.15, 0.2) is 73.3 Å². The molecular formula is C23H23N5. The van der Waals surface area contributed by atoms with Crippen molar-refractivity contribution >= 4 is 16.7 Å². The molecule has 3 aromatic heterocycles. The van der Waals surface area contributed by atoms with Crippen LogP contribution >= 0.6 is 0 Å². The van der Waals surface area contributed by atoms with Crippen molar-refractivity contribution < 1.29 is 0 Å². The number of aryl methyl sites for hydroxylation is 1. The van der Waals surface area contributed by atoms with Crippen LogP contribution in [0, 0.1) is 0 Å². The van der Waals surface area contributed by atoms with Gasteiger partial charge in [-0.05, 0) is 50.5 Å². The largest absolute Gasteiger partial charge is 0.365 e. The molecule has 1 N–H and O–H groups in total. The fourth-order valence-electron chi connectivity index (χ4n) is 3.19. The van der Waals surface area contributed by atoms with Gasteiger partial charge in [-0.15, -0.1) is 0 Å². The molecule has 0 aliphatic rings. The molecule has 0 bridgehead atoms. The van der Waals surface area contributed by atoms with E-state index in [4.69, 9.17) is 4.98 Å². The molecule has 0 aliphatic heterocycles. The fourth-order valence-corrected chi connectivity index (χ4v) is 3.19. The van der Waals surface area contributed by atoms with Gasteiger partial charge in [0.1, 0.15) is 5.82 Å². The summed E-state index contributed by atoms with van der Waals surface area (Å²) < 4.78 is 0. The number of nitrogens with zero attached hydrogens (tertiary/aromatic N) is 4. The lowest BCUT2D eigenvalue weighted by Gasteiger charge is -2.28. The van der Waals surface area contributed by atoms with E-state index in [2.05, 4.69) is 64.4 Å². The number of fused-ring (bicyclic) bond motifs is 1. The molecule has 0 saturated carbocycles. The molecule has 0 fully saturated rings. The molecule has 3 heterocycles. The quantitative estimate of drug-likeness (QED) is 0.523. The molecular weight excluding hydrogens is 346 g/mol. The topological polar surface area (TPSA) is 63.6 Å². The molecule has 0 amide bonds. The van der Waals surface area contributed by atoms with Crippen LogP contribution < -0.4 is 5.32 Å². The lowest BCUT2D eigenvalue weighted by atomic mass is 9.95. The molecule has 0 unspecified atom stereocenters. The zero-order valence-electron chi connectivity index (χ0n) is 16.1. The van der Waals surface area contributed by atoms with E-state index in [1.807, 2.05) is 18.2 Å². The van der Waals surface area contributed by atoms with Crippen LogP contribution in [-0.2, 0) is 6.42 Å². The predicted molar refractivity (Wildman–Crippen MR) is 113 cm³/mol. The first-order chi connectivity index (χ1) is 13.6. The summed E-state index contributed by atoms with van der Waals surface area (Å²) in [5.74, 6) is 1.50.